The van der Waals surface area contributed by atoms with Gasteiger partial charge in [-0.2, -0.15) is 0 Å². The van der Waals surface area contributed by atoms with Gasteiger partial charge in [-0.05, 0) is 30.7 Å². The molecule has 2 unspecified atom stereocenters. The van der Waals surface area contributed by atoms with E-state index in [1.165, 1.54) is 18.5 Å². The smallest absolute Gasteiger partial charge is 0.164 e. The Bertz CT molecular complexity index is 1100. The third-order valence-electron chi connectivity index (χ3n) is 5.30. The van der Waals surface area contributed by atoms with E-state index in [4.69, 9.17) is 30.5 Å². The fourth-order valence-corrected chi connectivity index (χ4v) is 4.04. The Balaban J connectivity index is 1.48. The molecule has 0 saturated carbocycles. The summed E-state index contributed by atoms with van der Waals surface area (Å²) in [5, 5.41) is 4.09. The predicted octanol–water partition coefficient (Wildman–Crippen LogP) is 4.11. The highest BCUT2D eigenvalue weighted by Crippen LogP contribution is 2.38. The number of methoxy groups -OCH3 is 1. The van der Waals surface area contributed by atoms with Crippen LogP contribution in [0.5, 0.6) is 11.5 Å². The third kappa shape index (κ3) is 3.51. The number of nitrogens with one attached hydrogen (secondary N) is 1. The zero-order chi connectivity index (χ0) is 20.7. The van der Waals surface area contributed by atoms with E-state index in [1.807, 2.05) is 0 Å². The van der Waals surface area contributed by atoms with Crippen LogP contribution in [0.1, 0.15) is 6.42 Å². The molecule has 3 aromatic rings. The van der Waals surface area contributed by atoms with Crippen molar-refractivity contribution < 1.29 is 23.3 Å². The zero-order valence-electron chi connectivity index (χ0n) is 16.1. The standard InChI is InChI=1S/C21H19ClFN3O4/c1-27-17-7-12-15(8-18(17)30-19-9-29-16-4-5-28-20(16)19)24-10-25-21(12)26-14-3-2-11(23)6-13(14)22/h2-3,6-8,10,16,19-20H,4-5,9H2,1H3,(H,24,25,26)/t16?,19-,20?/m1/s1. The van der Waals surface area contributed by atoms with Crippen molar-refractivity contribution in [1.82, 2.24) is 9.97 Å². The summed E-state index contributed by atoms with van der Waals surface area (Å²) >= 11 is 6.14. The summed E-state index contributed by atoms with van der Waals surface area (Å²) < 4.78 is 36.6. The Hall–Kier alpha value is -2.68. The molecule has 0 bridgehead atoms. The van der Waals surface area contributed by atoms with Crippen LogP contribution in [0.3, 0.4) is 0 Å². The first kappa shape index (κ1) is 19.3. The largest absolute Gasteiger partial charge is 0.493 e. The van der Waals surface area contributed by atoms with E-state index in [9.17, 15) is 4.39 Å². The number of fused-ring (bicyclic) bond motifs is 2. The summed E-state index contributed by atoms with van der Waals surface area (Å²) in [4.78, 5) is 8.66. The number of hydrogen-bond acceptors (Lipinski definition) is 7. The molecular formula is C21H19ClFN3O4. The normalized spacial score (nSPS) is 22.8. The average molecular weight is 432 g/mol. The highest BCUT2D eigenvalue weighted by atomic mass is 35.5. The number of aromatic nitrogens is 2. The van der Waals surface area contributed by atoms with Crippen molar-refractivity contribution in [3.63, 3.8) is 0 Å². The molecule has 0 aliphatic carbocycles. The molecular weight excluding hydrogens is 413 g/mol. The maximum Gasteiger partial charge on any atom is 0.164 e. The van der Waals surface area contributed by atoms with Crippen LogP contribution in [0.15, 0.2) is 36.7 Å². The molecule has 1 aromatic heterocycles. The van der Waals surface area contributed by atoms with Gasteiger partial charge in [-0.15, -0.1) is 0 Å². The fourth-order valence-electron chi connectivity index (χ4n) is 3.83. The Morgan fingerprint density at radius 3 is 2.90 bits per heavy atom. The van der Waals surface area contributed by atoms with Gasteiger partial charge in [0.25, 0.3) is 0 Å². The van der Waals surface area contributed by atoms with Gasteiger partial charge < -0.3 is 24.3 Å². The van der Waals surface area contributed by atoms with Crippen molar-refractivity contribution in [2.75, 3.05) is 25.6 Å². The van der Waals surface area contributed by atoms with Gasteiger partial charge in [0.2, 0.25) is 0 Å². The molecule has 0 spiro atoms. The first-order valence-electron chi connectivity index (χ1n) is 9.57. The number of rotatable bonds is 5. The van der Waals surface area contributed by atoms with E-state index in [1.54, 1.807) is 25.3 Å². The second-order valence-corrected chi connectivity index (χ2v) is 7.55. The quantitative estimate of drug-likeness (QED) is 0.651. The second kappa shape index (κ2) is 7.86. The van der Waals surface area contributed by atoms with Crippen LogP contribution in [0.25, 0.3) is 10.9 Å². The summed E-state index contributed by atoms with van der Waals surface area (Å²) in [6.07, 6.45) is 2.12. The van der Waals surface area contributed by atoms with Crippen LogP contribution in [0.4, 0.5) is 15.9 Å². The summed E-state index contributed by atoms with van der Waals surface area (Å²) in [6, 6.07) is 7.72. The van der Waals surface area contributed by atoms with Crippen LogP contribution in [-0.4, -0.2) is 48.6 Å². The molecule has 3 heterocycles. The molecule has 30 heavy (non-hydrogen) atoms. The monoisotopic (exact) mass is 431 g/mol. The van der Waals surface area contributed by atoms with Crippen molar-refractivity contribution in [2.45, 2.75) is 24.7 Å². The molecule has 3 atom stereocenters. The summed E-state index contributed by atoms with van der Waals surface area (Å²) in [5.74, 6) is 1.19. The SMILES string of the molecule is COc1cc2c(Nc3ccc(F)cc3Cl)ncnc2cc1O[C@@H]1COC2CCOC21. The fraction of sp³-hybridized carbons (Fsp3) is 0.333. The van der Waals surface area contributed by atoms with Crippen LogP contribution >= 0.6 is 11.6 Å². The van der Waals surface area contributed by atoms with Gasteiger partial charge in [-0.25, -0.2) is 14.4 Å². The van der Waals surface area contributed by atoms with E-state index < -0.39 is 5.82 Å². The van der Waals surface area contributed by atoms with Crippen LogP contribution in [-0.2, 0) is 9.47 Å². The number of anilines is 2. The van der Waals surface area contributed by atoms with Crippen molar-refractivity contribution in [1.29, 1.82) is 0 Å². The van der Waals surface area contributed by atoms with Crippen molar-refractivity contribution in [3.05, 3.63) is 47.5 Å². The Kier molecular flexibility index (Phi) is 5.06. The summed E-state index contributed by atoms with van der Waals surface area (Å²) in [6.45, 7) is 1.15. The van der Waals surface area contributed by atoms with Gasteiger partial charge in [0.05, 0.1) is 36.0 Å². The lowest BCUT2D eigenvalue weighted by Gasteiger charge is -2.20. The van der Waals surface area contributed by atoms with Gasteiger partial charge in [0.15, 0.2) is 17.6 Å². The van der Waals surface area contributed by atoms with Crippen LogP contribution in [0.2, 0.25) is 5.02 Å². The van der Waals surface area contributed by atoms with E-state index in [2.05, 4.69) is 15.3 Å². The lowest BCUT2D eigenvalue weighted by atomic mass is 10.1. The molecule has 9 heteroatoms. The highest BCUT2D eigenvalue weighted by Gasteiger charge is 2.43. The molecule has 1 N–H and O–H groups in total. The summed E-state index contributed by atoms with van der Waals surface area (Å²) in [5.41, 5.74) is 1.19. The van der Waals surface area contributed by atoms with Crippen molar-refractivity contribution >= 4 is 34.0 Å². The van der Waals surface area contributed by atoms with E-state index in [0.29, 0.717) is 47.1 Å². The van der Waals surface area contributed by atoms with Crippen molar-refractivity contribution in [2.24, 2.45) is 0 Å². The molecule has 2 saturated heterocycles. The predicted molar refractivity (Wildman–Crippen MR) is 109 cm³/mol. The minimum Gasteiger partial charge on any atom is -0.493 e. The van der Waals surface area contributed by atoms with Crippen molar-refractivity contribution in [3.8, 4) is 11.5 Å². The maximum atomic E-state index is 13.3. The van der Waals surface area contributed by atoms with Gasteiger partial charge in [0, 0.05) is 18.1 Å². The van der Waals surface area contributed by atoms with E-state index in [-0.39, 0.29) is 23.3 Å². The first-order valence-corrected chi connectivity index (χ1v) is 9.95. The molecule has 156 valence electrons. The Labute approximate surface area is 177 Å². The molecule has 0 amide bonds. The highest BCUT2D eigenvalue weighted by molar-refractivity contribution is 6.33. The minimum atomic E-state index is -0.411. The number of benzene rings is 2. The molecule has 2 aliphatic heterocycles. The number of hydrogen-bond donors (Lipinski definition) is 1. The maximum absolute atomic E-state index is 13.3. The average Bonchev–Trinajstić information content (AvgIpc) is 3.35. The molecule has 7 nitrogen and oxygen atoms in total. The van der Waals surface area contributed by atoms with Gasteiger partial charge in [0.1, 0.15) is 24.1 Å². The molecule has 0 radical (unpaired) electrons. The number of nitrogens with zero attached hydrogens (tertiary/aromatic N) is 2. The topological polar surface area (TPSA) is 74.7 Å². The van der Waals surface area contributed by atoms with E-state index >= 15 is 0 Å². The van der Waals surface area contributed by atoms with Gasteiger partial charge >= 0.3 is 0 Å². The summed E-state index contributed by atoms with van der Waals surface area (Å²) in [7, 11) is 1.57. The van der Waals surface area contributed by atoms with Gasteiger partial charge in [-0.1, -0.05) is 11.6 Å². The molecule has 2 aliphatic rings. The number of halogens is 2. The van der Waals surface area contributed by atoms with Crippen LogP contribution in [0, 0.1) is 5.82 Å². The van der Waals surface area contributed by atoms with Gasteiger partial charge in [-0.3, -0.25) is 0 Å². The molecule has 5 rings (SSSR count). The minimum absolute atomic E-state index is 0.0753. The lowest BCUT2D eigenvalue weighted by Crippen LogP contribution is -2.32. The molecule has 2 fully saturated rings. The lowest BCUT2D eigenvalue weighted by molar-refractivity contribution is 0.0298. The first-order chi connectivity index (χ1) is 14.6. The second-order valence-electron chi connectivity index (χ2n) is 7.14. The third-order valence-corrected chi connectivity index (χ3v) is 5.62. The van der Waals surface area contributed by atoms with E-state index in [0.717, 1.165) is 6.42 Å². The number of ether oxygens (including phenoxy) is 4. The molecule has 2 aromatic carbocycles. The van der Waals surface area contributed by atoms with Crippen LogP contribution < -0.4 is 14.8 Å². The Morgan fingerprint density at radius 2 is 2.07 bits per heavy atom. The zero-order valence-corrected chi connectivity index (χ0v) is 16.9. The Morgan fingerprint density at radius 1 is 1.17 bits per heavy atom.